The van der Waals surface area contributed by atoms with Crippen LogP contribution in [0.2, 0.25) is 0 Å². The van der Waals surface area contributed by atoms with Gasteiger partial charge in [0.25, 0.3) is 0 Å². The van der Waals surface area contributed by atoms with Gasteiger partial charge in [-0.05, 0) is 37.1 Å². The molecule has 0 amide bonds. The van der Waals surface area contributed by atoms with Crippen molar-refractivity contribution in [3.05, 3.63) is 53.1 Å². The summed E-state index contributed by atoms with van der Waals surface area (Å²) in [5.41, 5.74) is 3.40. The first kappa shape index (κ1) is 26.1. The van der Waals surface area contributed by atoms with Crippen molar-refractivity contribution in [3.63, 3.8) is 0 Å². The SMILES string of the molecule is CCNC(=NCc1ccc(OC)c(OC)c1OC)N1CCOC(c2ccccc2C)C1.I. The van der Waals surface area contributed by atoms with E-state index in [0.717, 1.165) is 31.2 Å². The Morgan fingerprint density at radius 2 is 1.84 bits per heavy atom. The van der Waals surface area contributed by atoms with E-state index < -0.39 is 0 Å². The highest BCUT2D eigenvalue weighted by Crippen LogP contribution is 2.40. The van der Waals surface area contributed by atoms with Gasteiger partial charge in [0.2, 0.25) is 5.75 Å². The van der Waals surface area contributed by atoms with Gasteiger partial charge in [-0.15, -0.1) is 24.0 Å². The van der Waals surface area contributed by atoms with Crippen molar-refractivity contribution in [2.75, 3.05) is 47.6 Å². The van der Waals surface area contributed by atoms with Crippen LogP contribution in [0.4, 0.5) is 0 Å². The number of guanidine groups is 1. The standard InChI is InChI=1S/C24H33N3O4.HI/c1-6-25-24(26-15-18-11-12-20(28-3)23(30-5)22(18)29-4)27-13-14-31-21(16-27)19-10-8-7-9-17(19)2;/h7-12,21H,6,13-16H2,1-5H3,(H,25,26);1H. The Bertz CT molecular complexity index is 907. The molecule has 176 valence electrons. The fraction of sp³-hybridized carbons (Fsp3) is 0.458. The van der Waals surface area contributed by atoms with Crippen molar-refractivity contribution in [1.29, 1.82) is 0 Å². The van der Waals surface area contributed by atoms with Gasteiger partial charge in [0.15, 0.2) is 17.5 Å². The van der Waals surface area contributed by atoms with Crippen molar-refractivity contribution < 1.29 is 18.9 Å². The molecule has 3 rings (SSSR count). The summed E-state index contributed by atoms with van der Waals surface area (Å²) in [5, 5.41) is 3.42. The molecule has 0 radical (unpaired) electrons. The van der Waals surface area contributed by atoms with Crippen LogP contribution < -0.4 is 19.5 Å². The number of benzene rings is 2. The number of methoxy groups -OCH3 is 3. The van der Waals surface area contributed by atoms with Crippen LogP contribution >= 0.6 is 24.0 Å². The zero-order chi connectivity index (χ0) is 22.2. The van der Waals surface area contributed by atoms with E-state index in [1.54, 1.807) is 21.3 Å². The third-order valence-electron chi connectivity index (χ3n) is 5.42. The van der Waals surface area contributed by atoms with Gasteiger partial charge in [-0.3, -0.25) is 0 Å². The molecule has 1 fully saturated rings. The monoisotopic (exact) mass is 555 g/mol. The van der Waals surface area contributed by atoms with Crippen LogP contribution in [-0.2, 0) is 11.3 Å². The lowest BCUT2D eigenvalue weighted by molar-refractivity contribution is -0.00834. The molecule has 32 heavy (non-hydrogen) atoms. The van der Waals surface area contributed by atoms with Crippen LogP contribution in [0, 0.1) is 6.92 Å². The minimum atomic E-state index is 0. The summed E-state index contributed by atoms with van der Waals surface area (Å²) >= 11 is 0. The maximum atomic E-state index is 6.08. The average molecular weight is 555 g/mol. The van der Waals surface area contributed by atoms with E-state index in [-0.39, 0.29) is 30.1 Å². The second-order valence-corrected chi connectivity index (χ2v) is 7.33. The Hall–Kier alpha value is -2.20. The summed E-state index contributed by atoms with van der Waals surface area (Å²) in [6.07, 6.45) is 0.0226. The molecular formula is C24H34IN3O4. The van der Waals surface area contributed by atoms with Crippen molar-refractivity contribution >= 4 is 29.9 Å². The molecule has 0 aromatic heterocycles. The van der Waals surface area contributed by atoms with E-state index in [1.807, 2.05) is 12.1 Å². The lowest BCUT2D eigenvalue weighted by Crippen LogP contribution is -2.48. The highest BCUT2D eigenvalue weighted by molar-refractivity contribution is 14.0. The molecular weight excluding hydrogens is 521 g/mol. The molecule has 1 saturated heterocycles. The predicted molar refractivity (Wildman–Crippen MR) is 138 cm³/mol. The number of nitrogens with one attached hydrogen (secondary N) is 1. The number of hydrogen-bond donors (Lipinski definition) is 1. The Kier molecular flexibility index (Phi) is 10.4. The second kappa shape index (κ2) is 12.7. The summed E-state index contributed by atoms with van der Waals surface area (Å²) < 4.78 is 22.6. The number of halogens is 1. The van der Waals surface area contributed by atoms with E-state index in [0.29, 0.717) is 30.4 Å². The maximum Gasteiger partial charge on any atom is 0.203 e. The van der Waals surface area contributed by atoms with Crippen LogP contribution in [0.25, 0.3) is 0 Å². The Morgan fingerprint density at radius 3 is 2.50 bits per heavy atom. The third kappa shape index (κ3) is 5.98. The minimum absolute atomic E-state index is 0. The first-order valence-electron chi connectivity index (χ1n) is 10.6. The quantitative estimate of drug-likeness (QED) is 0.315. The zero-order valence-electron chi connectivity index (χ0n) is 19.5. The van der Waals surface area contributed by atoms with E-state index in [4.69, 9.17) is 23.9 Å². The molecule has 0 saturated carbocycles. The average Bonchev–Trinajstić information content (AvgIpc) is 2.81. The van der Waals surface area contributed by atoms with Gasteiger partial charge in [-0.25, -0.2) is 4.99 Å². The molecule has 1 unspecified atom stereocenters. The van der Waals surface area contributed by atoms with Crippen molar-refractivity contribution in [3.8, 4) is 17.2 Å². The first-order chi connectivity index (χ1) is 15.1. The van der Waals surface area contributed by atoms with E-state index in [9.17, 15) is 0 Å². The van der Waals surface area contributed by atoms with Gasteiger partial charge in [-0.1, -0.05) is 24.3 Å². The van der Waals surface area contributed by atoms with Crippen molar-refractivity contribution in [2.45, 2.75) is 26.5 Å². The molecule has 2 aromatic carbocycles. The van der Waals surface area contributed by atoms with Gasteiger partial charge in [0.1, 0.15) is 6.10 Å². The number of nitrogens with zero attached hydrogens (tertiary/aromatic N) is 2. The normalized spacial score (nSPS) is 16.2. The van der Waals surface area contributed by atoms with Crippen LogP contribution in [0.1, 0.15) is 29.7 Å². The molecule has 1 heterocycles. The van der Waals surface area contributed by atoms with Gasteiger partial charge in [0.05, 0.1) is 41.0 Å². The molecule has 8 heteroatoms. The van der Waals surface area contributed by atoms with E-state index >= 15 is 0 Å². The van der Waals surface area contributed by atoms with Crippen molar-refractivity contribution in [1.82, 2.24) is 10.2 Å². The highest BCUT2D eigenvalue weighted by atomic mass is 127. The Balaban J connectivity index is 0.00000363. The number of morpholine rings is 1. The van der Waals surface area contributed by atoms with Gasteiger partial charge >= 0.3 is 0 Å². The summed E-state index contributed by atoms with van der Waals surface area (Å²) in [5.74, 6) is 2.71. The number of aryl methyl sites for hydroxylation is 1. The first-order valence-corrected chi connectivity index (χ1v) is 10.6. The topological polar surface area (TPSA) is 64.6 Å². The van der Waals surface area contributed by atoms with E-state index in [1.165, 1.54) is 11.1 Å². The molecule has 7 nitrogen and oxygen atoms in total. The molecule has 1 aliphatic heterocycles. The third-order valence-corrected chi connectivity index (χ3v) is 5.42. The largest absolute Gasteiger partial charge is 0.493 e. The molecule has 1 aliphatic rings. The fourth-order valence-electron chi connectivity index (χ4n) is 3.85. The minimum Gasteiger partial charge on any atom is -0.493 e. The van der Waals surface area contributed by atoms with Crippen molar-refractivity contribution in [2.24, 2.45) is 4.99 Å². The summed E-state index contributed by atoms with van der Waals surface area (Å²) in [6, 6.07) is 12.2. The van der Waals surface area contributed by atoms with Crippen LogP contribution in [0.15, 0.2) is 41.4 Å². The smallest absolute Gasteiger partial charge is 0.203 e. The van der Waals surface area contributed by atoms with Crippen LogP contribution in [-0.4, -0.2) is 58.4 Å². The Labute approximate surface area is 208 Å². The lowest BCUT2D eigenvalue weighted by atomic mass is 10.0. The molecule has 0 spiro atoms. The maximum absolute atomic E-state index is 6.08. The lowest BCUT2D eigenvalue weighted by Gasteiger charge is -2.35. The fourth-order valence-corrected chi connectivity index (χ4v) is 3.85. The number of aliphatic imine (C=N–C) groups is 1. The van der Waals surface area contributed by atoms with Gasteiger partial charge < -0.3 is 29.2 Å². The van der Waals surface area contributed by atoms with Gasteiger partial charge in [-0.2, -0.15) is 0 Å². The summed E-state index contributed by atoms with van der Waals surface area (Å²) in [4.78, 5) is 7.16. The molecule has 0 bridgehead atoms. The second-order valence-electron chi connectivity index (χ2n) is 7.33. The molecule has 0 aliphatic carbocycles. The predicted octanol–water partition coefficient (Wildman–Crippen LogP) is 4.18. The molecule has 1 atom stereocenters. The van der Waals surface area contributed by atoms with Gasteiger partial charge in [0, 0.05) is 18.7 Å². The van der Waals surface area contributed by atoms with E-state index in [2.05, 4.69) is 48.3 Å². The molecule has 2 aromatic rings. The number of ether oxygens (including phenoxy) is 4. The van der Waals surface area contributed by atoms with Crippen LogP contribution in [0.5, 0.6) is 17.2 Å². The summed E-state index contributed by atoms with van der Waals surface area (Å²) in [6.45, 7) is 7.64. The number of rotatable bonds is 7. The van der Waals surface area contributed by atoms with Crippen LogP contribution in [0.3, 0.4) is 0 Å². The highest BCUT2D eigenvalue weighted by Gasteiger charge is 2.25. The Morgan fingerprint density at radius 1 is 1.09 bits per heavy atom. The molecule has 1 N–H and O–H groups in total. The summed E-state index contributed by atoms with van der Waals surface area (Å²) in [7, 11) is 4.85. The number of hydrogen-bond acceptors (Lipinski definition) is 5. The zero-order valence-corrected chi connectivity index (χ0v) is 21.8.